The summed E-state index contributed by atoms with van der Waals surface area (Å²) in [6.45, 7) is 0. The molecular formula is C18H18N2O3S. The fourth-order valence-electron chi connectivity index (χ4n) is 2.25. The summed E-state index contributed by atoms with van der Waals surface area (Å²) in [6, 6.07) is 15.8. The Balaban J connectivity index is 1.65. The second-order valence-corrected chi connectivity index (χ2v) is 6.07. The fourth-order valence-corrected chi connectivity index (χ4v) is 3.00. The van der Waals surface area contributed by atoms with E-state index >= 15 is 0 Å². The Morgan fingerprint density at radius 1 is 0.958 bits per heavy atom. The third-order valence-electron chi connectivity index (χ3n) is 3.50. The fraction of sp³-hybridized carbons (Fsp3) is 0.222. The monoisotopic (exact) mass is 342 g/mol. The normalized spacial score (nSPS) is 10.6. The number of thioether (sulfide) groups is 1. The summed E-state index contributed by atoms with van der Waals surface area (Å²) < 4.78 is 16.3. The lowest BCUT2D eigenvalue weighted by atomic mass is 10.2. The molecule has 3 aromatic rings. The Morgan fingerprint density at radius 2 is 1.75 bits per heavy atom. The third kappa shape index (κ3) is 3.89. The van der Waals surface area contributed by atoms with E-state index in [0.717, 1.165) is 17.7 Å². The first-order chi connectivity index (χ1) is 11.8. The molecule has 0 atom stereocenters. The van der Waals surface area contributed by atoms with Crippen molar-refractivity contribution in [2.24, 2.45) is 0 Å². The number of hydrogen-bond donors (Lipinski definition) is 0. The molecule has 1 heterocycles. The highest BCUT2D eigenvalue weighted by atomic mass is 32.2. The van der Waals surface area contributed by atoms with E-state index in [1.54, 1.807) is 26.0 Å². The summed E-state index contributed by atoms with van der Waals surface area (Å²) in [5, 5.41) is 8.77. The Bertz CT molecular complexity index is 790. The molecule has 0 aliphatic heterocycles. The van der Waals surface area contributed by atoms with Crippen molar-refractivity contribution in [3.05, 3.63) is 54.1 Å². The van der Waals surface area contributed by atoms with Gasteiger partial charge in [-0.3, -0.25) is 0 Å². The van der Waals surface area contributed by atoms with E-state index < -0.39 is 0 Å². The minimum Gasteiger partial charge on any atom is -0.493 e. The molecule has 0 fully saturated rings. The van der Waals surface area contributed by atoms with Crippen LogP contribution in [0.1, 0.15) is 5.56 Å². The van der Waals surface area contributed by atoms with E-state index in [9.17, 15) is 0 Å². The molecule has 0 saturated heterocycles. The Hall–Kier alpha value is -2.47. The largest absolute Gasteiger partial charge is 0.493 e. The van der Waals surface area contributed by atoms with E-state index in [2.05, 4.69) is 22.3 Å². The molecule has 0 amide bonds. The molecule has 0 saturated carbocycles. The Kier molecular flexibility index (Phi) is 5.38. The number of rotatable bonds is 7. The van der Waals surface area contributed by atoms with Gasteiger partial charge in [-0.1, -0.05) is 42.1 Å². The van der Waals surface area contributed by atoms with Crippen LogP contribution in [0, 0.1) is 0 Å². The highest BCUT2D eigenvalue weighted by molar-refractivity contribution is 7.99. The highest BCUT2D eigenvalue weighted by Crippen LogP contribution is 2.32. The molecule has 0 bridgehead atoms. The maximum absolute atomic E-state index is 5.73. The van der Waals surface area contributed by atoms with Gasteiger partial charge in [0.05, 0.1) is 14.2 Å². The molecule has 0 N–H and O–H groups in total. The minimum absolute atomic E-state index is 0.471. The number of aromatic nitrogens is 2. The molecule has 6 heteroatoms. The Morgan fingerprint density at radius 3 is 2.50 bits per heavy atom. The predicted molar refractivity (Wildman–Crippen MR) is 93.7 cm³/mol. The average Bonchev–Trinajstić information content (AvgIpc) is 3.11. The summed E-state index contributed by atoms with van der Waals surface area (Å²) in [7, 11) is 3.20. The van der Waals surface area contributed by atoms with Crippen molar-refractivity contribution >= 4 is 11.8 Å². The van der Waals surface area contributed by atoms with Crippen LogP contribution in [0.4, 0.5) is 0 Å². The lowest BCUT2D eigenvalue weighted by Crippen LogP contribution is -1.90. The first-order valence-corrected chi connectivity index (χ1v) is 8.51. The van der Waals surface area contributed by atoms with Gasteiger partial charge in [-0.05, 0) is 30.2 Å². The van der Waals surface area contributed by atoms with Crippen LogP contribution >= 0.6 is 11.8 Å². The van der Waals surface area contributed by atoms with Gasteiger partial charge in [0, 0.05) is 11.3 Å². The summed E-state index contributed by atoms with van der Waals surface area (Å²) in [6.07, 6.45) is 0.958. The van der Waals surface area contributed by atoms with Crippen LogP contribution in [0.5, 0.6) is 11.5 Å². The number of benzene rings is 2. The van der Waals surface area contributed by atoms with Gasteiger partial charge in [0.25, 0.3) is 5.22 Å². The van der Waals surface area contributed by atoms with Crippen LogP contribution in [0.3, 0.4) is 0 Å². The standard InChI is InChI=1S/C18H18N2O3S/c1-21-15-9-8-14(12-16(15)22-2)17-19-20-18(23-17)24-11-10-13-6-4-3-5-7-13/h3-9,12H,10-11H2,1-2H3. The third-order valence-corrected chi connectivity index (χ3v) is 4.32. The van der Waals surface area contributed by atoms with Crippen LogP contribution in [-0.4, -0.2) is 30.2 Å². The van der Waals surface area contributed by atoms with Gasteiger partial charge in [0.15, 0.2) is 11.5 Å². The first kappa shape index (κ1) is 16.4. The van der Waals surface area contributed by atoms with Gasteiger partial charge >= 0.3 is 0 Å². The van der Waals surface area contributed by atoms with Crippen molar-refractivity contribution in [1.82, 2.24) is 10.2 Å². The van der Waals surface area contributed by atoms with Crippen molar-refractivity contribution in [2.45, 2.75) is 11.6 Å². The maximum Gasteiger partial charge on any atom is 0.276 e. The van der Waals surface area contributed by atoms with Gasteiger partial charge in [-0.2, -0.15) is 0 Å². The quantitative estimate of drug-likeness (QED) is 0.603. The van der Waals surface area contributed by atoms with E-state index in [1.807, 2.05) is 36.4 Å². The lowest BCUT2D eigenvalue weighted by Gasteiger charge is -2.07. The van der Waals surface area contributed by atoms with Crippen molar-refractivity contribution in [1.29, 1.82) is 0 Å². The molecule has 0 unspecified atom stereocenters. The molecule has 124 valence electrons. The van der Waals surface area contributed by atoms with Gasteiger partial charge in [-0.15, -0.1) is 10.2 Å². The van der Waals surface area contributed by atoms with Crippen LogP contribution < -0.4 is 9.47 Å². The molecule has 0 aliphatic rings. The van der Waals surface area contributed by atoms with Gasteiger partial charge in [0.2, 0.25) is 5.89 Å². The van der Waals surface area contributed by atoms with Crippen LogP contribution in [-0.2, 0) is 6.42 Å². The zero-order valence-corrected chi connectivity index (χ0v) is 14.4. The van der Waals surface area contributed by atoms with Gasteiger partial charge in [-0.25, -0.2) is 0 Å². The molecule has 3 rings (SSSR count). The van der Waals surface area contributed by atoms with Crippen molar-refractivity contribution < 1.29 is 13.9 Å². The maximum atomic E-state index is 5.73. The number of ether oxygens (including phenoxy) is 2. The van der Waals surface area contributed by atoms with E-state index in [-0.39, 0.29) is 0 Å². The summed E-state index contributed by atoms with van der Waals surface area (Å²) in [4.78, 5) is 0. The summed E-state index contributed by atoms with van der Waals surface area (Å²) in [5.74, 6) is 2.65. The molecule has 2 aromatic carbocycles. The van der Waals surface area contributed by atoms with E-state index in [4.69, 9.17) is 13.9 Å². The molecule has 0 radical (unpaired) electrons. The van der Waals surface area contributed by atoms with E-state index in [1.165, 1.54) is 5.56 Å². The highest BCUT2D eigenvalue weighted by Gasteiger charge is 2.12. The van der Waals surface area contributed by atoms with Crippen LogP contribution in [0.15, 0.2) is 58.2 Å². The second-order valence-electron chi connectivity index (χ2n) is 5.03. The summed E-state index contributed by atoms with van der Waals surface area (Å²) >= 11 is 1.55. The van der Waals surface area contributed by atoms with E-state index in [0.29, 0.717) is 22.6 Å². The predicted octanol–water partition coefficient (Wildman–Crippen LogP) is 4.09. The SMILES string of the molecule is COc1ccc(-c2nnc(SCCc3ccccc3)o2)cc1OC. The number of aryl methyl sites for hydroxylation is 1. The summed E-state index contributed by atoms with van der Waals surface area (Å²) in [5.41, 5.74) is 2.10. The molecule has 1 aromatic heterocycles. The molecular weight excluding hydrogens is 324 g/mol. The Labute approximate surface area is 145 Å². The van der Waals surface area contributed by atoms with Crippen molar-refractivity contribution in [2.75, 3.05) is 20.0 Å². The topological polar surface area (TPSA) is 57.4 Å². The second kappa shape index (κ2) is 7.88. The van der Waals surface area contributed by atoms with Crippen molar-refractivity contribution in [3.63, 3.8) is 0 Å². The number of methoxy groups -OCH3 is 2. The number of nitrogens with zero attached hydrogens (tertiary/aromatic N) is 2. The molecule has 0 aliphatic carbocycles. The van der Waals surface area contributed by atoms with Crippen LogP contribution in [0.25, 0.3) is 11.5 Å². The number of hydrogen-bond acceptors (Lipinski definition) is 6. The molecule has 24 heavy (non-hydrogen) atoms. The van der Waals surface area contributed by atoms with Gasteiger partial charge in [0.1, 0.15) is 0 Å². The van der Waals surface area contributed by atoms with Crippen LogP contribution in [0.2, 0.25) is 0 Å². The molecule has 0 spiro atoms. The first-order valence-electron chi connectivity index (χ1n) is 7.53. The lowest BCUT2D eigenvalue weighted by molar-refractivity contribution is 0.355. The zero-order valence-electron chi connectivity index (χ0n) is 13.6. The zero-order chi connectivity index (χ0) is 16.8. The van der Waals surface area contributed by atoms with Crippen molar-refractivity contribution in [3.8, 4) is 23.0 Å². The average molecular weight is 342 g/mol. The molecule has 5 nitrogen and oxygen atoms in total. The van der Waals surface area contributed by atoms with Gasteiger partial charge < -0.3 is 13.9 Å². The minimum atomic E-state index is 0.471. The smallest absolute Gasteiger partial charge is 0.276 e.